The Hall–Kier alpha value is -2.63. The van der Waals surface area contributed by atoms with Gasteiger partial charge >= 0.3 is 0 Å². The molecule has 0 aliphatic carbocycles. The lowest BCUT2D eigenvalue weighted by Gasteiger charge is -2.12. The van der Waals surface area contributed by atoms with Crippen molar-refractivity contribution in [2.24, 2.45) is 7.05 Å². The van der Waals surface area contributed by atoms with Gasteiger partial charge in [-0.1, -0.05) is 13.8 Å². The highest BCUT2D eigenvalue weighted by Gasteiger charge is 2.19. The van der Waals surface area contributed by atoms with E-state index in [1.165, 1.54) is 17.7 Å². The van der Waals surface area contributed by atoms with E-state index >= 15 is 0 Å². The van der Waals surface area contributed by atoms with E-state index in [2.05, 4.69) is 5.10 Å². The van der Waals surface area contributed by atoms with E-state index in [4.69, 9.17) is 4.74 Å². The van der Waals surface area contributed by atoms with E-state index in [1.807, 2.05) is 26.8 Å². The Balaban J connectivity index is 2.34. The minimum absolute atomic E-state index is 0.188. The normalized spacial score (nSPS) is 11.5. The van der Waals surface area contributed by atoms with Crippen molar-refractivity contribution in [1.29, 1.82) is 0 Å². The Morgan fingerprint density at radius 1 is 1.25 bits per heavy atom. The molecule has 3 rings (SSSR count). The van der Waals surface area contributed by atoms with Gasteiger partial charge in [-0.3, -0.25) is 9.36 Å². The molecule has 1 aromatic carbocycles. The molecule has 5 nitrogen and oxygen atoms in total. The number of rotatable bonds is 3. The first-order valence-corrected chi connectivity index (χ1v) is 7.78. The molecule has 0 spiro atoms. The summed E-state index contributed by atoms with van der Waals surface area (Å²) in [6.45, 7) is 5.95. The summed E-state index contributed by atoms with van der Waals surface area (Å²) in [7, 11) is 3.09. The molecule has 0 unspecified atom stereocenters. The third-order valence-electron chi connectivity index (χ3n) is 4.24. The maximum Gasteiger partial charge on any atom is 0.278 e. The Morgan fingerprint density at radius 3 is 2.54 bits per heavy atom. The van der Waals surface area contributed by atoms with Crippen LogP contribution in [0, 0.1) is 12.7 Å². The summed E-state index contributed by atoms with van der Waals surface area (Å²) in [6, 6.07) is 6.47. The minimum atomic E-state index is -0.481. The van der Waals surface area contributed by atoms with Crippen molar-refractivity contribution >= 4 is 5.52 Å². The lowest BCUT2D eigenvalue weighted by atomic mass is 10.1. The summed E-state index contributed by atoms with van der Waals surface area (Å²) in [4.78, 5) is 12.9. The summed E-state index contributed by atoms with van der Waals surface area (Å²) in [5.41, 5.74) is 2.41. The van der Waals surface area contributed by atoms with Gasteiger partial charge in [0.1, 0.15) is 17.1 Å². The number of nitrogens with zero attached hydrogens (tertiary/aromatic N) is 3. The second-order valence-corrected chi connectivity index (χ2v) is 6.19. The van der Waals surface area contributed by atoms with Crippen molar-refractivity contribution in [1.82, 2.24) is 14.2 Å². The first-order valence-electron chi connectivity index (χ1n) is 7.78. The van der Waals surface area contributed by atoms with Crippen molar-refractivity contribution in [3.63, 3.8) is 0 Å². The molecule has 126 valence electrons. The highest BCUT2D eigenvalue weighted by molar-refractivity contribution is 5.62. The summed E-state index contributed by atoms with van der Waals surface area (Å²) in [5.74, 6) is 0.417. The van der Waals surface area contributed by atoms with E-state index in [0.717, 1.165) is 11.3 Å². The van der Waals surface area contributed by atoms with Gasteiger partial charge in [0.2, 0.25) is 0 Å². The third kappa shape index (κ3) is 2.38. The number of halogens is 1. The Bertz CT molecular complexity index is 986. The van der Waals surface area contributed by atoms with Crippen molar-refractivity contribution in [2.45, 2.75) is 26.7 Å². The quantitative estimate of drug-likeness (QED) is 0.741. The summed E-state index contributed by atoms with van der Waals surface area (Å²) in [5, 5.41) is 4.52. The molecule has 2 heterocycles. The number of ether oxygens (including phenoxy) is 1. The van der Waals surface area contributed by atoms with E-state index in [9.17, 15) is 9.18 Å². The fourth-order valence-electron chi connectivity index (χ4n) is 2.89. The number of fused-ring (bicyclic) bond motifs is 1. The average molecular weight is 329 g/mol. The Labute approximate surface area is 139 Å². The molecule has 24 heavy (non-hydrogen) atoms. The van der Waals surface area contributed by atoms with Crippen LogP contribution in [0.5, 0.6) is 5.75 Å². The largest absolute Gasteiger partial charge is 0.497 e. The van der Waals surface area contributed by atoms with Crippen molar-refractivity contribution in [2.75, 3.05) is 7.11 Å². The zero-order chi connectivity index (χ0) is 17.6. The minimum Gasteiger partial charge on any atom is -0.497 e. The van der Waals surface area contributed by atoms with Crippen molar-refractivity contribution in [3.8, 4) is 17.1 Å². The highest BCUT2D eigenvalue weighted by atomic mass is 19.1. The maximum atomic E-state index is 14.4. The summed E-state index contributed by atoms with van der Waals surface area (Å²) in [6.07, 6.45) is 0. The molecular formula is C18H20FN3O2. The average Bonchev–Trinajstić information content (AvgIpc) is 2.88. The Morgan fingerprint density at radius 2 is 1.96 bits per heavy atom. The number of hydrogen-bond acceptors (Lipinski definition) is 3. The fourth-order valence-corrected chi connectivity index (χ4v) is 2.89. The van der Waals surface area contributed by atoms with Gasteiger partial charge in [-0.2, -0.15) is 0 Å². The molecule has 0 N–H and O–H groups in total. The molecule has 0 aliphatic rings. The number of hydrogen-bond donors (Lipinski definition) is 0. The maximum absolute atomic E-state index is 14.4. The molecule has 0 fully saturated rings. The van der Waals surface area contributed by atoms with E-state index in [1.54, 1.807) is 23.7 Å². The molecular weight excluding hydrogens is 309 g/mol. The Kier molecular flexibility index (Phi) is 3.91. The fraction of sp³-hybridized carbons (Fsp3) is 0.333. The van der Waals surface area contributed by atoms with Crippen LogP contribution in [0.15, 0.2) is 29.1 Å². The molecule has 3 aromatic rings. The molecule has 0 radical (unpaired) electrons. The number of aromatic nitrogens is 3. The summed E-state index contributed by atoms with van der Waals surface area (Å²) < 4.78 is 22.5. The first kappa shape index (κ1) is 16.2. The monoisotopic (exact) mass is 329 g/mol. The molecule has 2 aromatic heterocycles. The zero-order valence-electron chi connectivity index (χ0n) is 14.4. The van der Waals surface area contributed by atoms with Crippen LogP contribution in [0.2, 0.25) is 0 Å². The first-order chi connectivity index (χ1) is 11.3. The van der Waals surface area contributed by atoms with Gasteiger partial charge in [0.15, 0.2) is 5.82 Å². The number of benzene rings is 1. The summed E-state index contributed by atoms with van der Waals surface area (Å²) >= 11 is 0. The van der Waals surface area contributed by atoms with Crippen LogP contribution in [0.3, 0.4) is 0 Å². The predicted molar refractivity (Wildman–Crippen MR) is 91.2 cm³/mol. The van der Waals surface area contributed by atoms with Crippen LogP contribution in [0.1, 0.15) is 31.0 Å². The van der Waals surface area contributed by atoms with Crippen LogP contribution in [0.25, 0.3) is 16.9 Å². The standard InChI is InChI=1S/C18H20FN3O2/c1-10(2)14-8-11(3)22-16(14)18(23)21(4)17(20-22)13-7-6-12(24-5)9-15(13)19/h6-10H,1-5H3. The van der Waals surface area contributed by atoms with Gasteiger partial charge in [0, 0.05) is 18.8 Å². The molecule has 0 saturated carbocycles. The van der Waals surface area contributed by atoms with Crippen LogP contribution in [0.4, 0.5) is 4.39 Å². The van der Waals surface area contributed by atoms with Crippen molar-refractivity contribution < 1.29 is 9.13 Å². The van der Waals surface area contributed by atoms with Gasteiger partial charge in [-0.05, 0) is 36.6 Å². The van der Waals surface area contributed by atoms with Crippen LogP contribution in [-0.2, 0) is 7.05 Å². The number of aryl methyl sites for hydroxylation is 1. The SMILES string of the molecule is COc1ccc(-c2nn3c(C)cc(C(C)C)c3c(=O)n2C)c(F)c1. The highest BCUT2D eigenvalue weighted by Crippen LogP contribution is 2.26. The van der Waals surface area contributed by atoms with E-state index in [0.29, 0.717) is 11.3 Å². The second-order valence-electron chi connectivity index (χ2n) is 6.19. The van der Waals surface area contributed by atoms with Gasteiger partial charge < -0.3 is 4.74 Å². The number of methoxy groups -OCH3 is 1. The molecule has 0 atom stereocenters. The van der Waals surface area contributed by atoms with E-state index in [-0.39, 0.29) is 22.9 Å². The lowest BCUT2D eigenvalue weighted by molar-refractivity contribution is 0.411. The predicted octanol–water partition coefficient (Wildman–Crippen LogP) is 3.28. The van der Waals surface area contributed by atoms with Gasteiger partial charge in [-0.25, -0.2) is 8.91 Å². The molecule has 6 heteroatoms. The second kappa shape index (κ2) is 5.78. The van der Waals surface area contributed by atoms with Gasteiger partial charge in [0.05, 0.1) is 12.7 Å². The molecule has 0 aliphatic heterocycles. The van der Waals surface area contributed by atoms with Gasteiger partial charge in [0.25, 0.3) is 5.56 Å². The lowest BCUT2D eigenvalue weighted by Crippen LogP contribution is -2.24. The molecule has 0 bridgehead atoms. The molecule has 0 amide bonds. The van der Waals surface area contributed by atoms with Crippen molar-refractivity contribution in [3.05, 3.63) is 51.7 Å². The van der Waals surface area contributed by atoms with Crippen LogP contribution >= 0.6 is 0 Å². The van der Waals surface area contributed by atoms with Gasteiger partial charge in [-0.15, -0.1) is 5.10 Å². The smallest absolute Gasteiger partial charge is 0.278 e. The molecule has 0 saturated heterocycles. The zero-order valence-corrected chi connectivity index (χ0v) is 14.4. The van der Waals surface area contributed by atoms with E-state index < -0.39 is 5.82 Å². The third-order valence-corrected chi connectivity index (χ3v) is 4.24. The van der Waals surface area contributed by atoms with Crippen LogP contribution < -0.4 is 10.3 Å². The topological polar surface area (TPSA) is 48.5 Å². The van der Waals surface area contributed by atoms with Crippen LogP contribution in [-0.4, -0.2) is 21.3 Å².